The van der Waals surface area contributed by atoms with Crippen LogP contribution < -0.4 is 10.5 Å². The zero-order valence-corrected chi connectivity index (χ0v) is 19.3. The zero-order chi connectivity index (χ0) is 24.2. The third-order valence-electron chi connectivity index (χ3n) is 5.29. The van der Waals surface area contributed by atoms with Crippen LogP contribution in [0.4, 0.5) is 5.95 Å². The molecule has 0 unspecified atom stereocenters. The van der Waals surface area contributed by atoms with Crippen molar-refractivity contribution >= 4 is 17.5 Å². The van der Waals surface area contributed by atoms with Gasteiger partial charge >= 0.3 is 0 Å². The number of halogens is 1. The topological polar surface area (TPSA) is 112 Å². The maximum absolute atomic E-state index is 10.7. The van der Waals surface area contributed by atoms with Gasteiger partial charge in [0.15, 0.2) is 0 Å². The molecular formula is C26H21ClN6O2. The number of nitrogens with two attached hydrogens (primary N) is 1. The molecule has 0 amide bonds. The number of ether oxygens (including phenoxy) is 1. The third-order valence-corrected chi connectivity index (χ3v) is 5.54. The Morgan fingerprint density at radius 2 is 1.69 bits per heavy atom. The molecule has 0 spiro atoms. The van der Waals surface area contributed by atoms with Crippen molar-refractivity contribution < 1.29 is 9.84 Å². The Labute approximate surface area is 206 Å². The molecule has 2 heterocycles. The summed E-state index contributed by atoms with van der Waals surface area (Å²) in [6.07, 6.45) is 1.84. The highest BCUT2D eigenvalue weighted by Gasteiger charge is 2.12. The number of aromatic hydroxyl groups is 1. The smallest absolute Gasteiger partial charge is 0.221 e. The van der Waals surface area contributed by atoms with E-state index in [1.165, 1.54) is 6.07 Å². The van der Waals surface area contributed by atoms with Gasteiger partial charge in [-0.2, -0.15) is 0 Å². The fourth-order valence-electron chi connectivity index (χ4n) is 3.60. The molecule has 9 heteroatoms. The molecule has 0 fully saturated rings. The number of phenolic OH excluding ortho intramolecular Hbond substituents is 1. The van der Waals surface area contributed by atoms with Gasteiger partial charge in [0.05, 0.1) is 24.1 Å². The van der Waals surface area contributed by atoms with Crippen LogP contribution in [0.3, 0.4) is 0 Å². The van der Waals surface area contributed by atoms with E-state index in [1.807, 2.05) is 48.7 Å². The first kappa shape index (κ1) is 22.4. The van der Waals surface area contributed by atoms with Crippen molar-refractivity contribution in [3.05, 3.63) is 101 Å². The van der Waals surface area contributed by atoms with Gasteiger partial charge < -0.3 is 15.6 Å². The minimum Gasteiger partial charge on any atom is -0.507 e. The Bertz CT molecular complexity index is 1450. The summed E-state index contributed by atoms with van der Waals surface area (Å²) in [4.78, 5) is 8.59. The highest BCUT2D eigenvalue weighted by Crippen LogP contribution is 2.33. The Morgan fingerprint density at radius 1 is 0.914 bits per heavy atom. The second-order valence-corrected chi connectivity index (χ2v) is 8.30. The van der Waals surface area contributed by atoms with E-state index in [1.54, 1.807) is 35.0 Å². The van der Waals surface area contributed by atoms with Crippen molar-refractivity contribution in [2.45, 2.75) is 13.2 Å². The predicted octanol–water partition coefficient (Wildman–Crippen LogP) is 4.97. The van der Waals surface area contributed by atoms with E-state index < -0.39 is 0 Å². The van der Waals surface area contributed by atoms with Crippen LogP contribution >= 0.6 is 11.6 Å². The number of nitrogens with zero attached hydrogens (tertiary/aromatic N) is 5. The monoisotopic (exact) mass is 484 g/mol. The van der Waals surface area contributed by atoms with Gasteiger partial charge in [-0.15, -0.1) is 5.10 Å². The first-order valence-corrected chi connectivity index (χ1v) is 11.2. The second-order valence-electron chi connectivity index (χ2n) is 7.86. The molecule has 174 valence electrons. The number of hydrogen-bond donors (Lipinski definition) is 2. The van der Waals surface area contributed by atoms with Crippen LogP contribution in [0.2, 0.25) is 5.02 Å². The highest BCUT2D eigenvalue weighted by atomic mass is 35.5. The Morgan fingerprint density at radius 3 is 2.46 bits per heavy atom. The first-order valence-electron chi connectivity index (χ1n) is 10.8. The molecule has 0 aliphatic heterocycles. The summed E-state index contributed by atoms with van der Waals surface area (Å²) in [5, 5.41) is 19.6. The van der Waals surface area contributed by atoms with Gasteiger partial charge in [-0.1, -0.05) is 59.3 Å². The van der Waals surface area contributed by atoms with Gasteiger partial charge in [-0.05, 0) is 35.9 Å². The lowest BCUT2D eigenvalue weighted by Gasteiger charge is -2.10. The fourth-order valence-corrected chi connectivity index (χ4v) is 3.73. The Balaban J connectivity index is 1.29. The molecule has 0 aliphatic carbocycles. The van der Waals surface area contributed by atoms with Crippen LogP contribution in [0.15, 0.2) is 85.1 Å². The van der Waals surface area contributed by atoms with E-state index in [0.29, 0.717) is 40.0 Å². The van der Waals surface area contributed by atoms with Crippen LogP contribution in [0, 0.1) is 0 Å². The maximum atomic E-state index is 10.7. The lowest BCUT2D eigenvalue weighted by Crippen LogP contribution is -2.00. The van der Waals surface area contributed by atoms with Gasteiger partial charge in [-0.25, -0.2) is 14.6 Å². The first-order chi connectivity index (χ1) is 17.0. The van der Waals surface area contributed by atoms with Crippen molar-refractivity contribution in [3.63, 3.8) is 0 Å². The molecule has 2 aromatic heterocycles. The summed E-state index contributed by atoms with van der Waals surface area (Å²) in [5.74, 6) is 0.602. The van der Waals surface area contributed by atoms with Crippen molar-refractivity contribution in [1.82, 2.24) is 25.0 Å². The van der Waals surface area contributed by atoms with Gasteiger partial charge in [0, 0.05) is 22.2 Å². The Kier molecular flexibility index (Phi) is 6.28. The zero-order valence-electron chi connectivity index (χ0n) is 18.5. The van der Waals surface area contributed by atoms with Gasteiger partial charge in [0.2, 0.25) is 5.95 Å². The van der Waals surface area contributed by atoms with Crippen LogP contribution in [0.25, 0.3) is 22.5 Å². The SMILES string of the molecule is Nc1nc(-c2ccc(Cl)cc2)cc(-c2ccc(OCc3cn(Cc4ccccc4)nn3)cc2O)n1. The average molecular weight is 485 g/mol. The Hall–Kier alpha value is -4.43. The van der Waals surface area contributed by atoms with E-state index in [-0.39, 0.29) is 18.3 Å². The predicted molar refractivity (Wildman–Crippen MR) is 134 cm³/mol. The average Bonchev–Trinajstić information content (AvgIpc) is 3.30. The number of hydrogen-bond acceptors (Lipinski definition) is 7. The summed E-state index contributed by atoms with van der Waals surface area (Å²) in [6.45, 7) is 0.845. The largest absolute Gasteiger partial charge is 0.507 e. The fraction of sp³-hybridized carbons (Fsp3) is 0.0769. The minimum absolute atomic E-state index is 0.00962. The van der Waals surface area contributed by atoms with Gasteiger partial charge in [0.25, 0.3) is 0 Å². The molecule has 8 nitrogen and oxygen atoms in total. The number of anilines is 1. The van der Waals surface area contributed by atoms with Gasteiger partial charge in [0.1, 0.15) is 23.8 Å². The van der Waals surface area contributed by atoms with Crippen LogP contribution in [-0.2, 0) is 13.2 Å². The third kappa shape index (κ3) is 5.39. The molecule has 3 aromatic carbocycles. The second kappa shape index (κ2) is 9.82. The number of benzene rings is 3. The maximum Gasteiger partial charge on any atom is 0.221 e. The van der Waals surface area contributed by atoms with E-state index in [9.17, 15) is 5.11 Å². The molecular weight excluding hydrogens is 464 g/mol. The van der Waals surface area contributed by atoms with Gasteiger partial charge in [-0.3, -0.25) is 0 Å². The van der Waals surface area contributed by atoms with Crippen molar-refractivity contribution in [2.75, 3.05) is 5.73 Å². The molecule has 35 heavy (non-hydrogen) atoms. The van der Waals surface area contributed by atoms with Crippen LogP contribution in [0.5, 0.6) is 11.5 Å². The number of aromatic nitrogens is 5. The van der Waals surface area contributed by atoms with Crippen molar-refractivity contribution in [1.29, 1.82) is 0 Å². The standard InChI is InChI=1S/C26H21ClN6O2/c27-19-8-6-18(7-9-19)23-13-24(30-26(28)29-23)22-11-10-21(12-25(22)34)35-16-20-15-33(32-31-20)14-17-4-2-1-3-5-17/h1-13,15,34H,14,16H2,(H2,28,29,30). The minimum atomic E-state index is 0.00962. The molecule has 0 saturated heterocycles. The van der Waals surface area contributed by atoms with E-state index >= 15 is 0 Å². The van der Waals surface area contributed by atoms with Crippen molar-refractivity contribution in [2.24, 2.45) is 0 Å². The quantitative estimate of drug-likeness (QED) is 0.335. The molecule has 0 saturated carbocycles. The summed E-state index contributed by atoms with van der Waals surface area (Å²) in [6, 6.07) is 24.0. The van der Waals surface area contributed by atoms with E-state index in [2.05, 4.69) is 20.3 Å². The molecule has 0 atom stereocenters. The number of phenols is 1. The van der Waals surface area contributed by atoms with E-state index in [4.69, 9.17) is 22.1 Å². The normalized spacial score (nSPS) is 10.9. The van der Waals surface area contributed by atoms with Crippen LogP contribution in [-0.4, -0.2) is 30.1 Å². The summed E-state index contributed by atoms with van der Waals surface area (Å²) in [5.41, 5.74) is 10.2. The summed E-state index contributed by atoms with van der Waals surface area (Å²) < 4.78 is 7.57. The number of nitrogen functional groups attached to an aromatic ring is 1. The molecule has 3 N–H and O–H groups in total. The lowest BCUT2D eigenvalue weighted by atomic mass is 10.1. The molecule has 5 aromatic rings. The molecule has 5 rings (SSSR count). The summed E-state index contributed by atoms with van der Waals surface area (Å²) in [7, 11) is 0. The number of rotatable bonds is 7. The lowest BCUT2D eigenvalue weighted by molar-refractivity contribution is 0.299. The molecule has 0 radical (unpaired) electrons. The molecule has 0 aliphatic rings. The molecule has 0 bridgehead atoms. The van der Waals surface area contributed by atoms with E-state index in [0.717, 1.165) is 11.1 Å². The highest BCUT2D eigenvalue weighted by molar-refractivity contribution is 6.30. The summed E-state index contributed by atoms with van der Waals surface area (Å²) >= 11 is 5.98. The van der Waals surface area contributed by atoms with Crippen molar-refractivity contribution in [3.8, 4) is 34.0 Å². The van der Waals surface area contributed by atoms with Crippen LogP contribution in [0.1, 0.15) is 11.3 Å².